The minimum atomic E-state index is -0.559. The molecule has 2 heterocycles. The van der Waals surface area contributed by atoms with Crippen LogP contribution < -0.4 is 10.1 Å². The van der Waals surface area contributed by atoms with Crippen LogP contribution in [0.25, 0.3) is 11.2 Å². The van der Waals surface area contributed by atoms with E-state index in [9.17, 15) is 4.39 Å². The summed E-state index contributed by atoms with van der Waals surface area (Å²) >= 11 is 5.65. The number of benzene rings is 1. The van der Waals surface area contributed by atoms with Crippen LogP contribution in [-0.2, 0) is 0 Å². The maximum Gasteiger partial charge on any atom is 0.250 e. The number of H-pyrrole nitrogens is 1. The zero-order valence-corrected chi connectivity index (χ0v) is 11.8. The maximum atomic E-state index is 13.5. The summed E-state index contributed by atoms with van der Waals surface area (Å²) in [5, 5.41) is 3.02. The van der Waals surface area contributed by atoms with E-state index in [0.717, 1.165) is 0 Å². The van der Waals surface area contributed by atoms with Crippen LogP contribution in [0.4, 0.5) is 10.3 Å². The van der Waals surface area contributed by atoms with Crippen LogP contribution in [0.5, 0.6) is 11.6 Å². The summed E-state index contributed by atoms with van der Waals surface area (Å²) in [5.41, 5.74) is 0.998. The lowest BCUT2D eigenvalue weighted by molar-refractivity contribution is 0.463. The van der Waals surface area contributed by atoms with Crippen molar-refractivity contribution >= 4 is 28.7 Å². The molecule has 0 aliphatic carbocycles. The number of nitrogens with one attached hydrogen (secondary N) is 2. The number of hydrogen-bond acceptors (Lipinski definition) is 5. The predicted molar refractivity (Wildman–Crippen MR) is 77.3 cm³/mol. The van der Waals surface area contributed by atoms with Crippen LogP contribution in [0.15, 0.2) is 24.5 Å². The molecule has 0 atom stereocenters. The Morgan fingerprint density at radius 1 is 1.38 bits per heavy atom. The fraction of sp³-hybridized carbons (Fsp3) is 0.154. The Hall–Kier alpha value is -2.41. The minimum absolute atomic E-state index is 0.0325. The lowest BCUT2D eigenvalue weighted by Gasteiger charge is -2.08. The standard InChI is InChI=1S/C13H11ClFN5O/c1-2-16-13-19-11-10(17-6-18-11)12(20-13)21-7-3-4-8(14)9(15)5-7/h3-6H,2H2,1H3,(H2,16,17,18,19,20). The number of aromatic amines is 1. The Kier molecular flexibility index (Phi) is 3.57. The molecule has 0 fully saturated rings. The molecule has 0 spiro atoms. The van der Waals surface area contributed by atoms with Gasteiger partial charge in [-0.25, -0.2) is 9.37 Å². The van der Waals surface area contributed by atoms with E-state index in [1.54, 1.807) is 6.07 Å². The first-order chi connectivity index (χ1) is 10.2. The van der Waals surface area contributed by atoms with Crippen LogP contribution in [-0.4, -0.2) is 26.5 Å². The number of aromatic nitrogens is 4. The second-order valence-electron chi connectivity index (χ2n) is 4.16. The van der Waals surface area contributed by atoms with Crippen LogP contribution >= 0.6 is 11.6 Å². The van der Waals surface area contributed by atoms with Gasteiger partial charge in [-0.2, -0.15) is 9.97 Å². The zero-order chi connectivity index (χ0) is 14.8. The molecular weight excluding hydrogens is 297 g/mol. The topological polar surface area (TPSA) is 75.7 Å². The maximum absolute atomic E-state index is 13.5. The minimum Gasteiger partial charge on any atom is -0.437 e. The van der Waals surface area contributed by atoms with E-state index in [-0.39, 0.29) is 16.7 Å². The third kappa shape index (κ3) is 2.73. The SMILES string of the molecule is CCNc1nc(Oc2ccc(Cl)c(F)c2)c2[nH]cnc2n1. The highest BCUT2D eigenvalue weighted by atomic mass is 35.5. The van der Waals surface area contributed by atoms with Crippen molar-refractivity contribution < 1.29 is 9.13 Å². The van der Waals surface area contributed by atoms with Gasteiger partial charge in [-0.15, -0.1) is 0 Å². The van der Waals surface area contributed by atoms with Crippen molar-refractivity contribution in [2.24, 2.45) is 0 Å². The highest BCUT2D eigenvalue weighted by Gasteiger charge is 2.12. The molecule has 0 amide bonds. The van der Waals surface area contributed by atoms with Crippen LogP contribution in [0.2, 0.25) is 5.02 Å². The third-order valence-corrected chi connectivity index (χ3v) is 3.00. The molecule has 108 valence electrons. The molecule has 0 unspecified atom stereocenters. The monoisotopic (exact) mass is 307 g/mol. The molecule has 0 aliphatic rings. The summed E-state index contributed by atoms with van der Waals surface area (Å²) in [6.07, 6.45) is 1.49. The molecule has 0 aliphatic heterocycles. The summed E-state index contributed by atoms with van der Waals surface area (Å²) in [5.74, 6) is 0.377. The van der Waals surface area contributed by atoms with E-state index < -0.39 is 5.82 Å². The average Bonchev–Trinajstić information content (AvgIpc) is 2.92. The molecule has 0 bridgehead atoms. The van der Waals surface area contributed by atoms with Gasteiger partial charge in [-0.3, -0.25) is 0 Å². The lowest BCUT2D eigenvalue weighted by Crippen LogP contribution is -2.03. The van der Waals surface area contributed by atoms with Gasteiger partial charge in [0.2, 0.25) is 5.95 Å². The van der Waals surface area contributed by atoms with Crippen molar-refractivity contribution in [3.05, 3.63) is 35.4 Å². The van der Waals surface area contributed by atoms with E-state index in [4.69, 9.17) is 16.3 Å². The fourth-order valence-electron chi connectivity index (χ4n) is 1.77. The quantitative estimate of drug-likeness (QED) is 0.773. The van der Waals surface area contributed by atoms with Gasteiger partial charge in [0.15, 0.2) is 5.65 Å². The highest BCUT2D eigenvalue weighted by molar-refractivity contribution is 6.30. The highest BCUT2D eigenvalue weighted by Crippen LogP contribution is 2.28. The van der Waals surface area contributed by atoms with Gasteiger partial charge < -0.3 is 15.0 Å². The first-order valence-electron chi connectivity index (χ1n) is 6.25. The van der Waals surface area contributed by atoms with Crippen molar-refractivity contribution in [1.82, 2.24) is 19.9 Å². The molecule has 8 heteroatoms. The summed E-state index contributed by atoms with van der Waals surface area (Å²) in [4.78, 5) is 15.4. The van der Waals surface area contributed by atoms with Crippen molar-refractivity contribution in [3.8, 4) is 11.6 Å². The number of ether oxygens (including phenoxy) is 1. The van der Waals surface area contributed by atoms with E-state index in [2.05, 4.69) is 25.3 Å². The smallest absolute Gasteiger partial charge is 0.250 e. The molecule has 0 saturated heterocycles. The number of imidazole rings is 1. The Morgan fingerprint density at radius 3 is 3.00 bits per heavy atom. The van der Waals surface area contributed by atoms with Crippen LogP contribution in [0, 0.1) is 5.82 Å². The molecule has 3 rings (SSSR count). The Labute approximate surface area is 124 Å². The Balaban J connectivity index is 2.01. The molecule has 3 aromatic rings. The van der Waals surface area contributed by atoms with Crippen molar-refractivity contribution in [2.75, 3.05) is 11.9 Å². The van der Waals surface area contributed by atoms with Crippen LogP contribution in [0.1, 0.15) is 6.92 Å². The zero-order valence-electron chi connectivity index (χ0n) is 11.0. The molecular formula is C13H11ClFN5O. The Bertz CT molecular complexity index is 791. The first-order valence-corrected chi connectivity index (χ1v) is 6.63. The fourth-order valence-corrected chi connectivity index (χ4v) is 1.89. The number of halogens is 2. The summed E-state index contributed by atoms with van der Waals surface area (Å²) in [7, 11) is 0. The molecule has 21 heavy (non-hydrogen) atoms. The number of hydrogen-bond donors (Lipinski definition) is 2. The third-order valence-electron chi connectivity index (χ3n) is 2.69. The van der Waals surface area contributed by atoms with Crippen molar-refractivity contribution in [3.63, 3.8) is 0 Å². The van der Waals surface area contributed by atoms with Gasteiger partial charge in [0.25, 0.3) is 5.88 Å². The molecule has 1 aromatic carbocycles. The van der Waals surface area contributed by atoms with Gasteiger partial charge in [0.1, 0.15) is 17.1 Å². The Morgan fingerprint density at radius 2 is 2.24 bits per heavy atom. The lowest BCUT2D eigenvalue weighted by atomic mass is 10.3. The van der Waals surface area contributed by atoms with E-state index in [0.29, 0.717) is 23.7 Å². The molecule has 2 N–H and O–H groups in total. The number of fused-ring (bicyclic) bond motifs is 1. The molecule has 2 aromatic heterocycles. The van der Waals surface area contributed by atoms with Gasteiger partial charge in [-0.05, 0) is 19.1 Å². The molecule has 0 radical (unpaired) electrons. The number of nitrogens with zero attached hydrogens (tertiary/aromatic N) is 3. The average molecular weight is 308 g/mol. The number of rotatable bonds is 4. The van der Waals surface area contributed by atoms with E-state index >= 15 is 0 Å². The second-order valence-corrected chi connectivity index (χ2v) is 4.57. The normalized spacial score (nSPS) is 10.8. The second kappa shape index (κ2) is 5.53. The first kappa shape index (κ1) is 13.6. The summed E-state index contributed by atoms with van der Waals surface area (Å²) < 4.78 is 19.1. The van der Waals surface area contributed by atoms with Gasteiger partial charge in [0.05, 0.1) is 11.3 Å². The van der Waals surface area contributed by atoms with E-state index in [1.165, 1.54) is 18.5 Å². The van der Waals surface area contributed by atoms with Gasteiger partial charge >= 0.3 is 0 Å². The summed E-state index contributed by atoms with van der Waals surface area (Å²) in [6.45, 7) is 2.58. The molecule has 6 nitrogen and oxygen atoms in total. The van der Waals surface area contributed by atoms with Crippen LogP contribution in [0.3, 0.4) is 0 Å². The summed E-state index contributed by atoms with van der Waals surface area (Å²) in [6, 6.07) is 4.17. The van der Waals surface area contributed by atoms with Gasteiger partial charge in [-0.1, -0.05) is 11.6 Å². The largest absolute Gasteiger partial charge is 0.437 e. The number of anilines is 1. The molecule has 0 saturated carbocycles. The van der Waals surface area contributed by atoms with Gasteiger partial charge in [0, 0.05) is 12.6 Å². The predicted octanol–water partition coefficient (Wildman–Crippen LogP) is 3.37. The van der Waals surface area contributed by atoms with Crippen molar-refractivity contribution in [1.29, 1.82) is 0 Å². The van der Waals surface area contributed by atoms with E-state index in [1.807, 2.05) is 6.92 Å². The van der Waals surface area contributed by atoms with Crippen molar-refractivity contribution in [2.45, 2.75) is 6.92 Å².